The lowest BCUT2D eigenvalue weighted by atomic mass is 10.2. The van der Waals surface area contributed by atoms with Gasteiger partial charge in [-0.1, -0.05) is 43.1 Å². The Labute approximate surface area is 329 Å². The molecule has 3 heterocycles. The lowest BCUT2D eigenvalue weighted by molar-refractivity contribution is 0.0624. The van der Waals surface area contributed by atoms with Crippen LogP contribution >= 0.6 is 23.5 Å². The van der Waals surface area contributed by atoms with E-state index in [0.717, 1.165) is 10.9 Å². The van der Waals surface area contributed by atoms with Crippen LogP contribution in [0.5, 0.6) is 0 Å². The van der Waals surface area contributed by atoms with E-state index in [-0.39, 0.29) is 18.8 Å². The summed E-state index contributed by atoms with van der Waals surface area (Å²) in [6.45, 7) is 14.1. The molecule has 0 fully saturated rings. The number of carbonyl (C=O) groups excluding carboxylic acids is 3. The number of nitrogens with zero attached hydrogens (tertiary/aromatic N) is 5. The number of nitrogens with one attached hydrogen (secondary N) is 3. The zero-order valence-corrected chi connectivity index (χ0v) is 33.5. The smallest absolute Gasteiger partial charge is 0.412 e. The number of anilines is 4. The van der Waals surface area contributed by atoms with Crippen LogP contribution in [0.3, 0.4) is 0 Å². The van der Waals surface area contributed by atoms with Gasteiger partial charge >= 0.3 is 12.2 Å². The number of amides is 2. The molecule has 0 unspecified atom stereocenters. The zero-order chi connectivity index (χ0) is 39.8. The van der Waals surface area contributed by atoms with E-state index in [1.165, 1.54) is 41.2 Å². The van der Waals surface area contributed by atoms with Gasteiger partial charge in [0, 0.05) is 40.9 Å². The molecule has 3 N–H and O–H groups in total. The van der Waals surface area contributed by atoms with Gasteiger partial charge in [0.15, 0.2) is 21.7 Å². The first kappa shape index (κ1) is 43.9. The van der Waals surface area contributed by atoms with Crippen molar-refractivity contribution in [2.75, 3.05) is 28.5 Å². The molecule has 0 saturated heterocycles. The summed E-state index contributed by atoms with van der Waals surface area (Å²) in [6, 6.07) is 15.6. The highest BCUT2D eigenvalue weighted by Gasteiger charge is 2.18. The number of hydrogen-bond donors (Lipinski definition) is 3. The third-order valence-corrected chi connectivity index (χ3v) is 8.10. The second-order valence-corrected chi connectivity index (χ2v) is 15.3. The summed E-state index contributed by atoms with van der Waals surface area (Å²) in [5.41, 5.74) is 2.70. The number of aryl methyl sites for hydroxylation is 1. The fraction of sp³-hybridized carbons (Fsp3) is 0.333. The van der Waals surface area contributed by atoms with Crippen LogP contribution in [0.15, 0.2) is 82.1 Å². The van der Waals surface area contributed by atoms with Gasteiger partial charge in [0.25, 0.3) is 5.56 Å². The summed E-state index contributed by atoms with van der Waals surface area (Å²) in [7, 11) is 0. The maximum absolute atomic E-state index is 12.8. The molecule has 55 heavy (non-hydrogen) atoms. The van der Waals surface area contributed by atoms with Gasteiger partial charge in [0.1, 0.15) is 17.0 Å². The van der Waals surface area contributed by atoms with Crippen LogP contribution in [-0.2, 0) is 9.47 Å². The third kappa shape index (κ3) is 12.8. The van der Waals surface area contributed by atoms with Crippen molar-refractivity contribution >= 4 is 75.4 Å². The van der Waals surface area contributed by atoms with Crippen molar-refractivity contribution in [3.8, 4) is 5.69 Å². The van der Waals surface area contributed by atoms with Crippen molar-refractivity contribution in [3.05, 3.63) is 88.5 Å². The van der Waals surface area contributed by atoms with Crippen molar-refractivity contribution in [3.63, 3.8) is 0 Å². The topological polar surface area (TPSA) is 179 Å². The van der Waals surface area contributed by atoms with E-state index in [1.54, 1.807) is 96.3 Å². The normalized spacial score (nSPS) is 11.0. The third-order valence-electron chi connectivity index (χ3n) is 6.97. The van der Waals surface area contributed by atoms with Crippen LogP contribution in [0.4, 0.5) is 32.5 Å². The fourth-order valence-electron chi connectivity index (χ4n) is 4.78. The zero-order valence-electron chi connectivity index (χ0n) is 31.9. The first-order chi connectivity index (χ1) is 25.3. The molecule has 2 amide bonds. The first-order valence-electron chi connectivity index (χ1n) is 16.7. The van der Waals surface area contributed by atoms with E-state index < -0.39 is 23.4 Å². The van der Waals surface area contributed by atoms with Gasteiger partial charge in [0.05, 0.1) is 11.3 Å². The summed E-state index contributed by atoms with van der Waals surface area (Å²) in [6.07, 6.45) is 5.88. The van der Waals surface area contributed by atoms with E-state index in [9.17, 15) is 19.2 Å². The lowest BCUT2D eigenvalue weighted by Crippen LogP contribution is -2.27. The molecule has 0 saturated carbocycles. The van der Waals surface area contributed by atoms with Gasteiger partial charge in [-0.15, -0.1) is 0 Å². The number of aromatic nitrogens is 5. The number of Topliss-reactive ketones (excluding diaryl/α,β-unsaturated/α-hetero) is 1. The van der Waals surface area contributed by atoms with Gasteiger partial charge < -0.3 is 14.8 Å². The molecule has 0 aliphatic rings. The Kier molecular flexibility index (Phi) is 14.9. The van der Waals surface area contributed by atoms with Crippen LogP contribution in [-0.4, -0.2) is 66.2 Å². The molecule has 16 heteroatoms. The van der Waals surface area contributed by atoms with Crippen molar-refractivity contribution in [1.82, 2.24) is 24.5 Å². The number of carbonyl (C=O) groups is 3. The maximum atomic E-state index is 12.8. The SMILES string of the molecule is C.CSc1ncc(C(C)=O)c(Nc2cccc(NC(=O)OC(C)(C)C)c2)n1.CSc1ncc2c(C)cc(=O)n(-c3cccc(NC(=O)OC(C)(C)C)c3)c2n1. The summed E-state index contributed by atoms with van der Waals surface area (Å²) in [4.78, 5) is 65.8. The van der Waals surface area contributed by atoms with Crippen molar-refractivity contribution in [2.24, 2.45) is 0 Å². The molecule has 292 valence electrons. The van der Waals surface area contributed by atoms with Gasteiger partial charge in [-0.3, -0.25) is 24.8 Å². The minimum absolute atomic E-state index is 0. The quantitative estimate of drug-likeness (QED) is 0.0770. The number of ether oxygens (including phenoxy) is 2. The Balaban J connectivity index is 0.000000291. The number of rotatable bonds is 8. The molecule has 0 aliphatic carbocycles. The van der Waals surface area contributed by atoms with Crippen LogP contribution < -0.4 is 21.5 Å². The van der Waals surface area contributed by atoms with Crippen LogP contribution in [0.2, 0.25) is 0 Å². The Morgan fingerprint density at radius 1 is 0.745 bits per heavy atom. The van der Waals surface area contributed by atoms with Gasteiger partial charge in [-0.2, -0.15) is 0 Å². The van der Waals surface area contributed by atoms with E-state index >= 15 is 0 Å². The number of hydrogen-bond acceptors (Lipinski definition) is 13. The summed E-state index contributed by atoms with van der Waals surface area (Å²) in [5.74, 6) is 0.287. The molecular formula is C39H48N8O6S2. The Morgan fingerprint density at radius 2 is 1.27 bits per heavy atom. The standard InChI is InChI=1S/C20H22N4O3S.C18H22N4O3S.CH4/c1-12-9-16(25)24(17-15(12)11-21-18(23-17)28-5)14-8-6-7-13(10-14)22-19(26)27-20(2,3)4;1-11(23)14-10-19-16(26-5)22-15(14)20-12-7-6-8-13(9-12)21-17(24)25-18(2,3)4;/h6-11H,1-5H3,(H,22,26);6-10H,1-5H3,(H,21,24)(H,19,20,22);1H4. The van der Waals surface area contributed by atoms with Crippen molar-refractivity contribution in [1.29, 1.82) is 0 Å². The summed E-state index contributed by atoms with van der Waals surface area (Å²) < 4.78 is 12.0. The maximum Gasteiger partial charge on any atom is 0.412 e. The van der Waals surface area contributed by atoms with E-state index in [2.05, 4.69) is 35.9 Å². The van der Waals surface area contributed by atoms with E-state index in [4.69, 9.17) is 9.47 Å². The van der Waals surface area contributed by atoms with Crippen LogP contribution in [0.1, 0.15) is 71.8 Å². The number of pyridine rings is 1. The highest BCUT2D eigenvalue weighted by molar-refractivity contribution is 7.98. The average Bonchev–Trinajstić information content (AvgIpc) is 3.06. The molecule has 14 nitrogen and oxygen atoms in total. The van der Waals surface area contributed by atoms with Gasteiger partial charge in [0.2, 0.25) is 0 Å². The van der Waals surface area contributed by atoms with E-state index in [0.29, 0.717) is 50.1 Å². The molecule has 3 aromatic heterocycles. The molecule has 0 atom stereocenters. The molecule has 5 rings (SSSR count). The van der Waals surface area contributed by atoms with Gasteiger partial charge in [-0.25, -0.2) is 29.5 Å². The number of thioether (sulfide) groups is 2. The highest BCUT2D eigenvalue weighted by Crippen LogP contribution is 2.25. The minimum Gasteiger partial charge on any atom is -0.444 e. The monoisotopic (exact) mass is 788 g/mol. The highest BCUT2D eigenvalue weighted by atomic mass is 32.2. The van der Waals surface area contributed by atoms with E-state index in [1.807, 2.05) is 25.5 Å². The molecule has 0 aliphatic heterocycles. The van der Waals surface area contributed by atoms with Crippen LogP contribution in [0.25, 0.3) is 16.7 Å². The lowest BCUT2D eigenvalue weighted by Gasteiger charge is -2.20. The first-order valence-corrected chi connectivity index (χ1v) is 19.1. The molecular weight excluding hydrogens is 741 g/mol. The molecule has 0 radical (unpaired) electrons. The Bertz CT molecular complexity index is 2230. The number of benzene rings is 2. The second kappa shape index (κ2) is 18.7. The van der Waals surface area contributed by atoms with Crippen molar-refractivity contribution in [2.45, 2.75) is 84.3 Å². The summed E-state index contributed by atoms with van der Waals surface area (Å²) >= 11 is 2.79. The molecule has 5 aromatic rings. The fourth-order valence-corrected chi connectivity index (χ4v) is 5.46. The van der Waals surface area contributed by atoms with Gasteiger partial charge in [-0.05, 0) is 110 Å². The number of ketones is 1. The molecule has 0 spiro atoms. The second-order valence-electron chi connectivity index (χ2n) is 13.8. The Hall–Kier alpha value is -5.48. The predicted molar refractivity (Wildman–Crippen MR) is 222 cm³/mol. The average molecular weight is 789 g/mol. The van der Waals surface area contributed by atoms with Crippen molar-refractivity contribution < 1.29 is 23.9 Å². The largest absolute Gasteiger partial charge is 0.444 e. The van der Waals surface area contributed by atoms with Crippen LogP contribution in [0, 0.1) is 6.92 Å². The number of fused-ring (bicyclic) bond motifs is 1. The summed E-state index contributed by atoms with van der Waals surface area (Å²) in [5, 5.41) is 10.4. The molecule has 0 bridgehead atoms. The minimum atomic E-state index is -0.600. The molecule has 2 aromatic carbocycles. The predicted octanol–water partition coefficient (Wildman–Crippen LogP) is 9.29. The Morgan fingerprint density at radius 3 is 1.84 bits per heavy atom.